The number of aromatic nitrogens is 2. The van der Waals surface area contributed by atoms with Crippen LogP contribution in [0.3, 0.4) is 0 Å². The number of benzene rings is 3. The molecular formula is C22H14Cl2N2O2. The van der Waals surface area contributed by atoms with Gasteiger partial charge in [-0.15, -0.1) is 0 Å². The molecule has 6 heteroatoms. The molecule has 0 atom stereocenters. The van der Waals surface area contributed by atoms with Gasteiger partial charge in [0.15, 0.2) is 10.9 Å². The number of rotatable bonds is 0. The Kier molecular flexibility index (Phi) is 3.60. The largest absolute Gasteiger partial charge is 0.354 e. The van der Waals surface area contributed by atoms with Gasteiger partial charge in [-0.3, -0.25) is 9.59 Å². The highest BCUT2D eigenvalue weighted by atomic mass is 35.5. The summed E-state index contributed by atoms with van der Waals surface area (Å²) in [5, 5.41) is 3.32. The van der Waals surface area contributed by atoms with Crippen LogP contribution in [0.15, 0.2) is 46.0 Å². The fourth-order valence-corrected chi connectivity index (χ4v) is 4.13. The molecule has 28 heavy (non-hydrogen) atoms. The minimum atomic E-state index is -0.103. The number of halogens is 2. The molecule has 0 unspecified atom stereocenters. The van der Waals surface area contributed by atoms with Crippen molar-refractivity contribution in [1.29, 1.82) is 0 Å². The molecule has 2 aromatic heterocycles. The van der Waals surface area contributed by atoms with Crippen LogP contribution in [-0.4, -0.2) is 9.97 Å². The molecule has 138 valence electrons. The standard InChI is InChI=1S/C22H14Cl2N2O2/c1-9-15(23)5-3-11-19(9)25-17-7-14-18(8-13(17)21(11)27)26-20-10(2)16(24)6-4-12(20)22(14)28/h3-8H,1-2H3,(H,25,27)(H,26,28). The van der Waals surface area contributed by atoms with Crippen LogP contribution in [-0.2, 0) is 0 Å². The van der Waals surface area contributed by atoms with Gasteiger partial charge < -0.3 is 9.97 Å². The van der Waals surface area contributed by atoms with E-state index in [1.807, 2.05) is 13.8 Å². The number of H-pyrrole nitrogens is 2. The Labute approximate surface area is 168 Å². The molecule has 0 amide bonds. The van der Waals surface area contributed by atoms with Gasteiger partial charge in [0.2, 0.25) is 0 Å². The van der Waals surface area contributed by atoms with Gasteiger partial charge in [0.05, 0.1) is 22.1 Å². The predicted molar refractivity (Wildman–Crippen MR) is 117 cm³/mol. The molecule has 2 heterocycles. The molecule has 0 aliphatic heterocycles. The summed E-state index contributed by atoms with van der Waals surface area (Å²) in [4.78, 5) is 32.8. The molecule has 0 fully saturated rings. The number of pyridine rings is 2. The Morgan fingerprint density at radius 2 is 1.04 bits per heavy atom. The molecule has 0 aliphatic rings. The lowest BCUT2D eigenvalue weighted by molar-refractivity contribution is 1.40. The van der Waals surface area contributed by atoms with Crippen molar-refractivity contribution in [3.63, 3.8) is 0 Å². The summed E-state index contributed by atoms with van der Waals surface area (Å²) in [6.07, 6.45) is 0. The minimum Gasteiger partial charge on any atom is -0.354 e. The molecule has 0 bridgehead atoms. The number of fused-ring (bicyclic) bond motifs is 4. The molecule has 5 rings (SSSR count). The smallest absolute Gasteiger partial charge is 0.197 e. The summed E-state index contributed by atoms with van der Waals surface area (Å²) in [5.74, 6) is 0. The van der Waals surface area contributed by atoms with Gasteiger partial charge in [0.25, 0.3) is 0 Å². The maximum atomic E-state index is 13.1. The Bertz CT molecular complexity index is 1480. The minimum absolute atomic E-state index is 0.103. The van der Waals surface area contributed by atoms with E-state index in [9.17, 15) is 9.59 Å². The van der Waals surface area contributed by atoms with E-state index in [1.165, 1.54) is 0 Å². The molecule has 0 aliphatic carbocycles. The van der Waals surface area contributed by atoms with Crippen molar-refractivity contribution in [2.24, 2.45) is 0 Å². The molecule has 0 radical (unpaired) electrons. The zero-order valence-electron chi connectivity index (χ0n) is 15.0. The summed E-state index contributed by atoms with van der Waals surface area (Å²) in [5.41, 5.74) is 3.97. The summed E-state index contributed by atoms with van der Waals surface area (Å²) < 4.78 is 0. The summed E-state index contributed by atoms with van der Waals surface area (Å²) >= 11 is 12.4. The second kappa shape index (κ2) is 5.84. The van der Waals surface area contributed by atoms with E-state index >= 15 is 0 Å². The van der Waals surface area contributed by atoms with Crippen molar-refractivity contribution in [2.75, 3.05) is 0 Å². The van der Waals surface area contributed by atoms with Crippen molar-refractivity contribution in [3.8, 4) is 0 Å². The number of aryl methyl sites for hydroxylation is 2. The van der Waals surface area contributed by atoms with Crippen molar-refractivity contribution in [2.45, 2.75) is 13.8 Å². The molecule has 5 aromatic rings. The molecule has 0 saturated carbocycles. The monoisotopic (exact) mass is 408 g/mol. The third kappa shape index (κ3) is 2.25. The Morgan fingerprint density at radius 1 is 0.643 bits per heavy atom. The van der Waals surface area contributed by atoms with Crippen molar-refractivity contribution in [3.05, 3.63) is 78.0 Å². The Hall–Kier alpha value is -2.82. The van der Waals surface area contributed by atoms with E-state index in [-0.39, 0.29) is 10.9 Å². The first kappa shape index (κ1) is 17.3. The third-order valence-electron chi connectivity index (χ3n) is 5.45. The summed E-state index contributed by atoms with van der Waals surface area (Å²) in [6.45, 7) is 3.72. The molecule has 0 saturated heterocycles. The maximum Gasteiger partial charge on any atom is 0.197 e. The van der Waals surface area contributed by atoms with Crippen LogP contribution in [0.1, 0.15) is 11.1 Å². The van der Waals surface area contributed by atoms with Gasteiger partial charge in [-0.1, -0.05) is 23.2 Å². The van der Waals surface area contributed by atoms with Crippen LogP contribution in [0, 0.1) is 13.8 Å². The van der Waals surface area contributed by atoms with Gasteiger partial charge in [0, 0.05) is 31.6 Å². The number of hydrogen-bond acceptors (Lipinski definition) is 2. The first-order valence-corrected chi connectivity index (χ1v) is 9.52. The van der Waals surface area contributed by atoms with Gasteiger partial charge >= 0.3 is 0 Å². The quantitative estimate of drug-likeness (QED) is 0.327. The SMILES string of the molecule is Cc1c(Cl)ccc2c(=O)c3cc4[nH]c5c(C)c(Cl)ccc5c(=O)c4cc3[nH]c12. The Balaban J connectivity index is 2.02. The number of hydrogen-bond donors (Lipinski definition) is 2. The highest BCUT2D eigenvalue weighted by Crippen LogP contribution is 2.27. The topological polar surface area (TPSA) is 65.7 Å². The molecule has 0 spiro atoms. The fraction of sp³-hybridized carbons (Fsp3) is 0.0909. The lowest BCUT2D eigenvalue weighted by Gasteiger charge is -2.10. The van der Waals surface area contributed by atoms with Gasteiger partial charge in [-0.05, 0) is 61.4 Å². The van der Waals surface area contributed by atoms with E-state index in [2.05, 4.69) is 9.97 Å². The lowest BCUT2D eigenvalue weighted by Crippen LogP contribution is -2.09. The average molecular weight is 409 g/mol. The van der Waals surface area contributed by atoms with Crippen LogP contribution in [0.5, 0.6) is 0 Å². The average Bonchev–Trinajstić information content (AvgIpc) is 2.68. The lowest BCUT2D eigenvalue weighted by atomic mass is 10.0. The highest BCUT2D eigenvalue weighted by Gasteiger charge is 2.14. The number of aromatic amines is 2. The first-order valence-electron chi connectivity index (χ1n) is 8.76. The zero-order valence-corrected chi connectivity index (χ0v) is 16.5. The van der Waals surface area contributed by atoms with Crippen LogP contribution in [0.4, 0.5) is 0 Å². The molecular weight excluding hydrogens is 395 g/mol. The highest BCUT2D eigenvalue weighted by molar-refractivity contribution is 6.32. The summed E-state index contributed by atoms with van der Waals surface area (Å²) in [6, 6.07) is 10.4. The van der Waals surface area contributed by atoms with Crippen LogP contribution in [0.2, 0.25) is 10.0 Å². The van der Waals surface area contributed by atoms with Crippen LogP contribution in [0.25, 0.3) is 43.6 Å². The molecule has 4 nitrogen and oxygen atoms in total. The second-order valence-electron chi connectivity index (χ2n) is 7.04. The third-order valence-corrected chi connectivity index (χ3v) is 6.27. The van der Waals surface area contributed by atoms with Crippen molar-refractivity contribution >= 4 is 66.8 Å². The second-order valence-corrected chi connectivity index (χ2v) is 7.86. The van der Waals surface area contributed by atoms with E-state index in [1.54, 1.807) is 36.4 Å². The van der Waals surface area contributed by atoms with E-state index in [4.69, 9.17) is 23.2 Å². The van der Waals surface area contributed by atoms with Crippen molar-refractivity contribution in [1.82, 2.24) is 9.97 Å². The van der Waals surface area contributed by atoms with Crippen LogP contribution >= 0.6 is 23.2 Å². The molecule has 2 N–H and O–H groups in total. The zero-order chi connectivity index (χ0) is 19.7. The van der Waals surface area contributed by atoms with E-state index < -0.39 is 0 Å². The van der Waals surface area contributed by atoms with Gasteiger partial charge in [0.1, 0.15) is 0 Å². The van der Waals surface area contributed by atoms with E-state index in [0.717, 1.165) is 11.1 Å². The normalized spacial score (nSPS) is 11.9. The van der Waals surface area contributed by atoms with Crippen LogP contribution < -0.4 is 10.9 Å². The Morgan fingerprint density at radius 3 is 1.43 bits per heavy atom. The summed E-state index contributed by atoms with van der Waals surface area (Å²) in [7, 11) is 0. The molecule has 3 aromatic carbocycles. The maximum absolute atomic E-state index is 13.1. The van der Waals surface area contributed by atoms with Gasteiger partial charge in [-0.2, -0.15) is 0 Å². The predicted octanol–water partition coefficient (Wildman–Crippen LogP) is 5.60. The fourth-order valence-electron chi connectivity index (χ4n) is 3.81. The first-order chi connectivity index (χ1) is 13.4. The van der Waals surface area contributed by atoms with Gasteiger partial charge in [-0.25, -0.2) is 0 Å². The van der Waals surface area contributed by atoms with E-state index in [0.29, 0.717) is 53.7 Å². The number of nitrogens with one attached hydrogen (secondary N) is 2. The van der Waals surface area contributed by atoms with Crippen molar-refractivity contribution < 1.29 is 0 Å².